The highest BCUT2D eigenvalue weighted by Crippen LogP contribution is 2.28. The van der Waals surface area contributed by atoms with Gasteiger partial charge < -0.3 is 4.74 Å². The zero-order valence-electron chi connectivity index (χ0n) is 14.4. The topological polar surface area (TPSA) is 57.0 Å². The van der Waals surface area contributed by atoms with Crippen molar-refractivity contribution in [1.82, 2.24) is 14.8 Å². The van der Waals surface area contributed by atoms with Gasteiger partial charge in [-0.05, 0) is 30.3 Å². The third-order valence-electron chi connectivity index (χ3n) is 3.92. The van der Waals surface area contributed by atoms with Crippen molar-refractivity contribution in [3.05, 3.63) is 94.2 Å². The molecule has 1 heterocycles. The number of esters is 1. The number of hydrogen-bond acceptors (Lipinski definition) is 4. The van der Waals surface area contributed by atoms with Crippen LogP contribution in [0.1, 0.15) is 10.6 Å². The lowest BCUT2D eigenvalue weighted by Crippen LogP contribution is -2.11. The van der Waals surface area contributed by atoms with Crippen LogP contribution in [0, 0.1) is 0 Å². The summed E-state index contributed by atoms with van der Waals surface area (Å²) in [5.41, 5.74) is 1.62. The van der Waals surface area contributed by atoms with Gasteiger partial charge in [-0.2, -0.15) is 0 Å². The lowest BCUT2D eigenvalue weighted by molar-refractivity contribution is 0.0722. The Morgan fingerprint density at radius 1 is 0.964 bits per heavy atom. The average molecular weight is 455 g/mol. The van der Waals surface area contributed by atoms with E-state index in [0.717, 1.165) is 15.7 Å². The van der Waals surface area contributed by atoms with Crippen LogP contribution in [0.15, 0.2) is 83.3 Å². The van der Waals surface area contributed by atoms with Crippen LogP contribution in [0.2, 0.25) is 5.02 Å². The van der Waals surface area contributed by atoms with Gasteiger partial charge in [-0.1, -0.05) is 76.1 Å². The Balaban J connectivity index is 1.74. The number of rotatable bonds is 4. The van der Waals surface area contributed by atoms with Crippen LogP contribution in [0.3, 0.4) is 0 Å². The molecule has 28 heavy (non-hydrogen) atoms. The molecule has 1 aromatic heterocycles. The number of hydrogen-bond donors (Lipinski definition) is 0. The number of benzene rings is 3. The Morgan fingerprint density at radius 2 is 1.64 bits per heavy atom. The molecule has 0 atom stereocenters. The van der Waals surface area contributed by atoms with E-state index in [-0.39, 0.29) is 11.6 Å². The summed E-state index contributed by atoms with van der Waals surface area (Å²) >= 11 is 9.46. The van der Waals surface area contributed by atoms with Crippen LogP contribution in [-0.2, 0) is 0 Å². The summed E-state index contributed by atoms with van der Waals surface area (Å²) in [5.74, 6) is 0.0469. The fourth-order valence-electron chi connectivity index (χ4n) is 2.63. The van der Waals surface area contributed by atoms with E-state index < -0.39 is 5.97 Å². The van der Waals surface area contributed by atoms with Crippen LogP contribution >= 0.6 is 27.5 Å². The summed E-state index contributed by atoms with van der Waals surface area (Å²) < 4.78 is 7.80. The molecule has 4 aromatic rings. The zero-order valence-corrected chi connectivity index (χ0v) is 16.8. The monoisotopic (exact) mass is 453 g/mol. The molecule has 0 bridgehead atoms. The van der Waals surface area contributed by atoms with Crippen LogP contribution < -0.4 is 4.74 Å². The first kappa shape index (κ1) is 18.4. The quantitative estimate of drug-likeness (QED) is 0.299. The maximum Gasteiger partial charge on any atom is 0.383 e. The summed E-state index contributed by atoms with van der Waals surface area (Å²) in [6, 6.07) is 24.0. The fourth-order valence-corrected chi connectivity index (χ4v) is 3.34. The van der Waals surface area contributed by atoms with Gasteiger partial charge in [0.1, 0.15) is 5.75 Å². The minimum atomic E-state index is -0.684. The number of halogens is 2. The maximum atomic E-state index is 12.6. The van der Waals surface area contributed by atoms with E-state index in [1.54, 1.807) is 22.9 Å². The van der Waals surface area contributed by atoms with Crippen LogP contribution in [0.5, 0.6) is 5.75 Å². The largest absolute Gasteiger partial charge is 0.419 e. The first-order chi connectivity index (χ1) is 13.6. The van der Waals surface area contributed by atoms with E-state index in [1.165, 1.54) is 0 Å². The molecule has 0 amide bonds. The second kappa shape index (κ2) is 7.96. The molecule has 7 heteroatoms. The Kier molecular flexibility index (Phi) is 5.23. The molecule has 0 aliphatic carbocycles. The van der Waals surface area contributed by atoms with Crippen molar-refractivity contribution in [2.24, 2.45) is 0 Å². The van der Waals surface area contributed by atoms with Gasteiger partial charge in [0.15, 0.2) is 5.82 Å². The molecular weight excluding hydrogens is 442 g/mol. The molecule has 0 saturated heterocycles. The number of nitrogens with zero attached hydrogens (tertiary/aromatic N) is 3. The van der Waals surface area contributed by atoms with Gasteiger partial charge in [-0.15, -0.1) is 5.10 Å². The lowest BCUT2D eigenvalue weighted by Gasteiger charge is -2.05. The minimum absolute atomic E-state index is 0.0540. The van der Waals surface area contributed by atoms with Gasteiger partial charge in [0.05, 0.1) is 10.7 Å². The molecule has 0 fully saturated rings. The third kappa shape index (κ3) is 3.83. The highest BCUT2D eigenvalue weighted by atomic mass is 79.9. The summed E-state index contributed by atoms with van der Waals surface area (Å²) in [4.78, 5) is 17.1. The van der Waals surface area contributed by atoms with Crippen molar-refractivity contribution < 1.29 is 9.53 Å². The molecule has 0 radical (unpaired) electrons. The molecule has 0 N–H and O–H groups in total. The lowest BCUT2D eigenvalue weighted by atomic mass is 10.2. The SMILES string of the molecule is O=C(Oc1ccc(Br)cc1Cl)c1nc(-c2ccccc2)n(-c2ccccc2)n1. The van der Waals surface area contributed by atoms with Crippen molar-refractivity contribution >= 4 is 33.5 Å². The Hall–Kier alpha value is -2.96. The van der Waals surface area contributed by atoms with Gasteiger partial charge >= 0.3 is 5.97 Å². The smallest absolute Gasteiger partial charge is 0.383 e. The van der Waals surface area contributed by atoms with E-state index in [9.17, 15) is 4.79 Å². The first-order valence-electron chi connectivity index (χ1n) is 8.37. The van der Waals surface area contributed by atoms with Gasteiger partial charge in [-0.25, -0.2) is 14.5 Å². The van der Waals surface area contributed by atoms with Crippen molar-refractivity contribution in [3.63, 3.8) is 0 Å². The van der Waals surface area contributed by atoms with E-state index in [4.69, 9.17) is 16.3 Å². The van der Waals surface area contributed by atoms with E-state index >= 15 is 0 Å². The Labute approximate surface area is 174 Å². The Bertz CT molecular complexity index is 1070. The molecule has 138 valence electrons. The molecule has 0 aliphatic rings. The summed E-state index contributed by atoms with van der Waals surface area (Å²) in [6.45, 7) is 0. The number of carbonyl (C=O) groups is 1. The zero-order chi connectivity index (χ0) is 19.5. The maximum absolute atomic E-state index is 12.6. The van der Waals surface area contributed by atoms with Crippen molar-refractivity contribution in [1.29, 1.82) is 0 Å². The van der Waals surface area contributed by atoms with E-state index in [0.29, 0.717) is 10.8 Å². The summed E-state index contributed by atoms with van der Waals surface area (Å²) in [7, 11) is 0. The summed E-state index contributed by atoms with van der Waals surface area (Å²) in [5, 5.41) is 4.69. The second-order valence-corrected chi connectivity index (χ2v) is 7.16. The van der Waals surface area contributed by atoms with Crippen LogP contribution in [0.4, 0.5) is 0 Å². The number of ether oxygens (including phenoxy) is 1. The predicted octanol–water partition coefficient (Wildman–Crippen LogP) is 5.57. The third-order valence-corrected chi connectivity index (χ3v) is 4.71. The number of carbonyl (C=O) groups excluding carboxylic acids is 1. The van der Waals surface area contributed by atoms with Crippen LogP contribution in [0.25, 0.3) is 17.1 Å². The molecule has 0 saturated carbocycles. The summed E-state index contributed by atoms with van der Waals surface area (Å²) in [6.07, 6.45) is 0. The standard InChI is InChI=1S/C21H13BrClN3O2/c22-15-11-12-18(17(23)13-15)28-21(27)19-24-20(14-7-3-1-4-8-14)26(25-19)16-9-5-2-6-10-16/h1-13H. The fraction of sp³-hybridized carbons (Fsp3) is 0. The van der Waals surface area contributed by atoms with Crippen molar-refractivity contribution in [2.75, 3.05) is 0 Å². The molecule has 5 nitrogen and oxygen atoms in total. The molecule has 0 spiro atoms. The minimum Gasteiger partial charge on any atom is -0.419 e. The van der Waals surface area contributed by atoms with Crippen molar-refractivity contribution in [2.45, 2.75) is 0 Å². The van der Waals surface area contributed by atoms with Crippen LogP contribution in [-0.4, -0.2) is 20.7 Å². The highest BCUT2D eigenvalue weighted by molar-refractivity contribution is 9.10. The molecular formula is C21H13BrClN3O2. The van der Waals surface area contributed by atoms with E-state index in [2.05, 4.69) is 26.0 Å². The molecule has 0 unspecified atom stereocenters. The highest BCUT2D eigenvalue weighted by Gasteiger charge is 2.21. The van der Waals surface area contributed by atoms with Gasteiger partial charge in [0, 0.05) is 10.0 Å². The van der Waals surface area contributed by atoms with Gasteiger partial charge in [-0.3, -0.25) is 0 Å². The van der Waals surface area contributed by atoms with Gasteiger partial charge in [0.2, 0.25) is 0 Å². The van der Waals surface area contributed by atoms with E-state index in [1.807, 2.05) is 60.7 Å². The number of aromatic nitrogens is 3. The second-order valence-electron chi connectivity index (χ2n) is 5.84. The van der Waals surface area contributed by atoms with Gasteiger partial charge in [0.25, 0.3) is 5.82 Å². The molecule has 4 rings (SSSR count). The molecule has 3 aromatic carbocycles. The first-order valence-corrected chi connectivity index (χ1v) is 9.54. The normalized spacial score (nSPS) is 10.6. The Morgan fingerprint density at radius 3 is 2.32 bits per heavy atom. The number of para-hydroxylation sites is 1. The average Bonchev–Trinajstić information content (AvgIpc) is 3.17. The van der Waals surface area contributed by atoms with Crippen molar-refractivity contribution in [3.8, 4) is 22.8 Å². The molecule has 0 aliphatic heterocycles. The predicted molar refractivity (Wildman–Crippen MR) is 111 cm³/mol.